The molecule has 148 valence electrons. The third kappa shape index (κ3) is 7.92. The van der Waals surface area contributed by atoms with E-state index < -0.39 is 0 Å². The molecule has 28 heavy (non-hydrogen) atoms. The van der Waals surface area contributed by atoms with E-state index in [1.165, 1.54) is 0 Å². The molecule has 1 unspecified atom stereocenters. The molecule has 4 nitrogen and oxygen atoms in total. The number of nitrogens with one attached hydrogen (secondary N) is 3. The number of thiocarbonyl (C=S) groups is 1. The second-order valence-corrected chi connectivity index (χ2v) is 8.39. The van der Waals surface area contributed by atoms with Crippen LogP contribution in [0.3, 0.4) is 0 Å². The summed E-state index contributed by atoms with van der Waals surface area (Å²) in [5.41, 5.74) is 3.06. The van der Waals surface area contributed by atoms with Crippen molar-refractivity contribution in [2.24, 2.45) is 5.41 Å². The summed E-state index contributed by atoms with van der Waals surface area (Å²) in [4.78, 5) is 12.4. The third-order valence-corrected chi connectivity index (χ3v) is 4.28. The monoisotopic (exact) mass is 395 g/mol. The van der Waals surface area contributed by atoms with Gasteiger partial charge in [-0.1, -0.05) is 69.3 Å². The Balaban J connectivity index is 2.00. The number of hydrogen-bond donors (Lipinski definition) is 3. The molecule has 0 aliphatic heterocycles. The van der Waals surface area contributed by atoms with Crippen molar-refractivity contribution in [1.82, 2.24) is 10.6 Å². The van der Waals surface area contributed by atoms with Crippen LogP contribution < -0.4 is 16.0 Å². The Morgan fingerprint density at radius 1 is 1.04 bits per heavy atom. The average Bonchev–Trinajstić information content (AvgIpc) is 2.61. The van der Waals surface area contributed by atoms with Crippen LogP contribution in [0.15, 0.2) is 60.7 Å². The largest absolute Gasteiger partial charge is 0.342 e. The predicted molar refractivity (Wildman–Crippen MR) is 122 cm³/mol. The second kappa shape index (κ2) is 10.0. The lowest BCUT2D eigenvalue weighted by Crippen LogP contribution is -2.50. The van der Waals surface area contributed by atoms with Gasteiger partial charge in [-0.3, -0.25) is 4.79 Å². The van der Waals surface area contributed by atoms with Gasteiger partial charge < -0.3 is 16.0 Å². The molecule has 0 radical (unpaired) electrons. The molecule has 1 amide bonds. The van der Waals surface area contributed by atoms with Crippen LogP contribution in [0.4, 0.5) is 5.69 Å². The molecule has 5 heteroatoms. The lowest BCUT2D eigenvalue weighted by atomic mass is 9.90. The molecule has 0 spiro atoms. The number of para-hydroxylation sites is 1. The molecule has 0 saturated heterocycles. The minimum atomic E-state index is -0.281. The highest BCUT2D eigenvalue weighted by atomic mass is 32.1. The van der Waals surface area contributed by atoms with Crippen LogP contribution in [-0.4, -0.2) is 17.2 Å². The molecular formula is C23H29N3OS. The van der Waals surface area contributed by atoms with E-state index in [0.29, 0.717) is 5.11 Å². The number of hydrogen-bond acceptors (Lipinski definition) is 2. The maximum Gasteiger partial charge on any atom is 0.245 e. The summed E-state index contributed by atoms with van der Waals surface area (Å²) in [6, 6.07) is 17.7. The molecule has 0 aliphatic carbocycles. The SMILES string of the molecule is Cc1ccccc1NC(=S)NC(CC(C)(C)C)NC(=O)C=Cc1ccccc1. The number of benzene rings is 2. The summed E-state index contributed by atoms with van der Waals surface area (Å²) in [5.74, 6) is -0.163. The zero-order valence-corrected chi connectivity index (χ0v) is 17.8. The van der Waals surface area contributed by atoms with E-state index in [-0.39, 0.29) is 17.5 Å². The fourth-order valence-corrected chi connectivity index (χ4v) is 2.99. The zero-order chi connectivity index (χ0) is 20.6. The van der Waals surface area contributed by atoms with Crippen molar-refractivity contribution in [3.8, 4) is 0 Å². The van der Waals surface area contributed by atoms with Gasteiger partial charge in [0.25, 0.3) is 0 Å². The van der Waals surface area contributed by atoms with Crippen molar-refractivity contribution in [3.63, 3.8) is 0 Å². The Hall–Kier alpha value is -2.66. The number of rotatable bonds is 6. The fraction of sp³-hybridized carbons (Fsp3) is 0.304. The van der Waals surface area contributed by atoms with Gasteiger partial charge in [0.15, 0.2) is 5.11 Å². The van der Waals surface area contributed by atoms with Crippen LogP contribution >= 0.6 is 12.2 Å². The van der Waals surface area contributed by atoms with Gasteiger partial charge in [-0.05, 0) is 54.2 Å². The van der Waals surface area contributed by atoms with Crippen molar-refractivity contribution >= 4 is 35.0 Å². The van der Waals surface area contributed by atoms with E-state index in [4.69, 9.17) is 12.2 Å². The molecule has 2 aromatic carbocycles. The van der Waals surface area contributed by atoms with E-state index in [2.05, 4.69) is 36.7 Å². The Morgan fingerprint density at radius 2 is 1.68 bits per heavy atom. The first-order valence-corrected chi connectivity index (χ1v) is 9.80. The number of anilines is 1. The van der Waals surface area contributed by atoms with Crippen LogP contribution in [0.2, 0.25) is 0 Å². The Morgan fingerprint density at radius 3 is 2.32 bits per heavy atom. The standard InChI is InChI=1S/C23H29N3OS/c1-17-10-8-9-13-19(17)24-22(28)26-20(16-23(2,3)4)25-21(27)15-14-18-11-6-5-7-12-18/h5-15,20H,16H2,1-4H3,(H,25,27)(H2,24,26,28). The smallest absolute Gasteiger partial charge is 0.245 e. The van der Waals surface area contributed by atoms with E-state index in [1.54, 1.807) is 12.2 Å². The van der Waals surface area contributed by atoms with E-state index in [1.807, 2.05) is 61.5 Å². The first-order valence-electron chi connectivity index (χ1n) is 9.40. The predicted octanol–water partition coefficient (Wildman–Crippen LogP) is 4.87. The maximum absolute atomic E-state index is 12.4. The highest BCUT2D eigenvalue weighted by Crippen LogP contribution is 2.20. The first-order chi connectivity index (χ1) is 13.2. The lowest BCUT2D eigenvalue weighted by molar-refractivity contribution is -0.117. The molecule has 2 rings (SSSR count). The van der Waals surface area contributed by atoms with Crippen LogP contribution in [0.1, 0.15) is 38.3 Å². The minimum absolute atomic E-state index is 0.0202. The molecule has 0 fully saturated rings. The molecule has 0 aromatic heterocycles. The summed E-state index contributed by atoms with van der Waals surface area (Å²) in [6.45, 7) is 8.41. The molecule has 2 aromatic rings. The molecule has 1 atom stereocenters. The molecule has 0 bridgehead atoms. The van der Waals surface area contributed by atoms with Gasteiger partial charge in [-0.2, -0.15) is 0 Å². The Labute approximate surface area is 173 Å². The number of amides is 1. The van der Waals surface area contributed by atoms with Gasteiger partial charge >= 0.3 is 0 Å². The Bertz CT molecular complexity index is 825. The lowest BCUT2D eigenvalue weighted by Gasteiger charge is -2.28. The minimum Gasteiger partial charge on any atom is -0.342 e. The van der Waals surface area contributed by atoms with Gasteiger partial charge in [0, 0.05) is 11.8 Å². The van der Waals surface area contributed by atoms with Gasteiger partial charge in [0.05, 0.1) is 0 Å². The molecule has 3 N–H and O–H groups in total. The van der Waals surface area contributed by atoms with Gasteiger partial charge in [0.2, 0.25) is 5.91 Å². The summed E-state index contributed by atoms with van der Waals surface area (Å²) in [7, 11) is 0. The molecule has 0 saturated carbocycles. The second-order valence-electron chi connectivity index (χ2n) is 7.98. The van der Waals surface area contributed by atoms with Crippen molar-refractivity contribution in [2.75, 3.05) is 5.32 Å². The van der Waals surface area contributed by atoms with E-state index >= 15 is 0 Å². The highest BCUT2D eigenvalue weighted by Gasteiger charge is 2.20. The van der Waals surface area contributed by atoms with Crippen LogP contribution in [0.25, 0.3) is 6.08 Å². The average molecular weight is 396 g/mol. The normalized spacial score (nSPS) is 12.4. The number of aryl methyl sites for hydroxylation is 1. The quantitative estimate of drug-likeness (QED) is 0.371. The van der Waals surface area contributed by atoms with Crippen LogP contribution in [-0.2, 0) is 4.79 Å². The van der Waals surface area contributed by atoms with Crippen molar-refractivity contribution in [1.29, 1.82) is 0 Å². The number of carbonyl (C=O) groups excluding carboxylic acids is 1. The van der Waals surface area contributed by atoms with Crippen LogP contribution in [0, 0.1) is 12.3 Å². The van der Waals surface area contributed by atoms with Gasteiger partial charge in [-0.15, -0.1) is 0 Å². The fourth-order valence-electron chi connectivity index (χ4n) is 2.74. The molecular weight excluding hydrogens is 366 g/mol. The zero-order valence-electron chi connectivity index (χ0n) is 17.0. The topological polar surface area (TPSA) is 53.2 Å². The molecule has 0 heterocycles. The van der Waals surface area contributed by atoms with Crippen molar-refractivity contribution in [3.05, 3.63) is 71.8 Å². The summed E-state index contributed by atoms with van der Waals surface area (Å²) < 4.78 is 0. The van der Waals surface area contributed by atoms with Crippen LogP contribution in [0.5, 0.6) is 0 Å². The van der Waals surface area contributed by atoms with Gasteiger partial charge in [-0.25, -0.2) is 0 Å². The summed E-state index contributed by atoms with van der Waals surface area (Å²) >= 11 is 5.46. The summed E-state index contributed by atoms with van der Waals surface area (Å²) in [5, 5.41) is 9.93. The number of carbonyl (C=O) groups is 1. The van der Waals surface area contributed by atoms with E-state index in [0.717, 1.165) is 23.2 Å². The third-order valence-electron chi connectivity index (χ3n) is 4.06. The van der Waals surface area contributed by atoms with Crippen molar-refractivity contribution in [2.45, 2.75) is 40.3 Å². The van der Waals surface area contributed by atoms with Crippen molar-refractivity contribution < 1.29 is 4.79 Å². The maximum atomic E-state index is 12.4. The van der Waals surface area contributed by atoms with E-state index in [9.17, 15) is 4.79 Å². The Kier molecular flexibility index (Phi) is 7.76. The van der Waals surface area contributed by atoms with Gasteiger partial charge in [0.1, 0.15) is 6.17 Å². The summed E-state index contributed by atoms with van der Waals surface area (Å²) in [6.07, 6.45) is 3.79. The first kappa shape index (κ1) is 21.6. The highest BCUT2D eigenvalue weighted by molar-refractivity contribution is 7.80. The molecule has 0 aliphatic rings.